The zero-order valence-corrected chi connectivity index (χ0v) is 26.2. The molecule has 0 spiro atoms. The number of nitrogens with zero attached hydrogens (tertiary/aromatic N) is 6. The van der Waals surface area contributed by atoms with E-state index in [-0.39, 0.29) is 24.0 Å². The van der Waals surface area contributed by atoms with Crippen molar-refractivity contribution in [1.29, 1.82) is 5.26 Å². The van der Waals surface area contributed by atoms with Crippen molar-refractivity contribution in [3.63, 3.8) is 0 Å². The summed E-state index contributed by atoms with van der Waals surface area (Å²) >= 11 is 0. The van der Waals surface area contributed by atoms with Gasteiger partial charge < -0.3 is 35.2 Å². The lowest BCUT2D eigenvalue weighted by atomic mass is 9.91. The summed E-state index contributed by atoms with van der Waals surface area (Å²) in [6, 6.07) is 15.5. The minimum atomic E-state index is -0.224. The molecule has 1 saturated carbocycles. The molecule has 4 aromatic rings. The van der Waals surface area contributed by atoms with E-state index < -0.39 is 0 Å². The monoisotopic (exact) mass is 635 g/mol. The lowest BCUT2D eigenvalue weighted by Gasteiger charge is -2.33. The van der Waals surface area contributed by atoms with Crippen LogP contribution in [0.4, 0.5) is 21.9 Å². The Bertz CT molecular complexity index is 1840. The van der Waals surface area contributed by atoms with Crippen LogP contribution in [0.25, 0.3) is 16.9 Å². The van der Waals surface area contributed by atoms with Crippen LogP contribution >= 0.6 is 0 Å². The Balaban J connectivity index is 1.10. The molecule has 3 aromatic heterocycles. The molecule has 3 N–H and O–H groups in total. The number of pyridine rings is 1. The molecular weight excluding hydrogens is 598 g/mol. The van der Waals surface area contributed by atoms with Crippen LogP contribution in [-0.2, 0) is 4.74 Å². The van der Waals surface area contributed by atoms with Gasteiger partial charge in [0.15, 0.2) is 0 Å². The highest BCUT2D eigenvalue weighted by atomic mass is 16.5. The zero-order valence-electron chi connectivity index (χ0n) is 26.2. The molecule has 13 heteroatoms. The highest BCUT2D eigenvalue weighted by Crippen LogP contribution is 2.35. The summed E-state index contributed by atoms with van der Waals surface area (Å²) in [5.74, 6) is 0.551. The Hall–Kier alpha value is -5.35. The molecule has 0 unspecified atom stereocenters. The van der Waals surface area contributed by atoms with Gasteiger partial charge in [0.1, 0.15) is 18.4 Å². The van der Waals surface area contributed by atoms with Gasteiger partial charge in [-0.15, -0.1) is 0 Å². The van der Waals surface area contributed by atoms with Crippen molar-refractivity contribution in [2.24, 2.45) is 0 Å². The van der Waals surface area contributed by atoms with E-state index >= 15 is 0 Å². The summed E-state index contributed by atoms with van der Waals surface area (Å²) < 4.78 is 13.0. The Morgan fingerprint density at radius 3 is 2.51 bits per heavy atom. The predicted molar refractivity (Wildman–Crippen MR) is 176 cm³/mol. The first-order valence-electron chi connectivity index (χ1n) is 16.0. The van der Waals surface area contributed by atoms with Crippen LogP contribution < -0.4 is 25.6 Å². The van der Waals surface area contributed by atoms with Crippen molar-refractivity contribution in [2.45, 2.75) is 37.8 Å². The average molecular weight is 636 g/mol. The summed E-state index contributed by atoms with van der Waals surface area (Å²) in [5, 5.41) is 23.6. The third-order valence-electron chi connectivity index (χ3n) is 9.06. The molecule has 1 saturated heterocycles. The predicted octanol–water partition coefficient (Wildman–Crippen LogP) is 3.92. The summed E-state index contributed by atoms with van der Waals surface area (Å²) in [4.78, 5) is 35.1. The lowest BCUT2D eigenvalue weighted by Crippen LogP contribution is -2.51. The maximum Gasteiger partial charge on any atom is 0.317 e. The standard InChI is InChI=1S/C34H37N9O4/c1-41-10-15-47-32-17-25(6-8-31(32)41)38-28-18-29(30-9-7-26-16-22(19-35)20-37-43(26)30)36-21-27(28)33(44)39-23-2-4-24(5-3-23)40-34(45)42-11-13-46-14-12-42/h6-9,16-18,20-21,23-24H,2-5,10-15H2,1H3,(H,36,38)(H,39,44)(H,40,45)/t23-,24-. The minimum absolute atomic E-state index is 0.0210. The summed E-state index contributed by atoms with van der Waals surface area (Å²) in [7, 11) is 2.03. The topological polar surface area (TPSA) is 149 Å². The van der Waals surface area contributed by atoms with Crippen LogP contribution in [0.1, 0.15) is 41.6 Å². The van der Waals surface area contributed by atoms with E-state index in [1.54, 1.807) is 21.7 Å². The van der Waals surface area contributed by atoms with E-state index in [1.807, 2.05) is 43.4 Å². The van der Waals surface area contributed by atoms with Gasteiger partial charge in [0.2, 0.25) is 0 Å². The van der Waals surface area contributed by atoms with Crippen LogP contribution in [0.2, 0.25) is 0 Å². The molecule has 2 fully saturated rings. The van der Waals surface area contributed by atoms with Crippen molar-refractivity contribution in [2.75, 3.05) is 56.7 Å². The number of fused-ring (bicyclic) bond motifs is 2. The number of nitrogens with one attached hydrogen (secondary N) is 3. The number of hydrogen-bond donors (Lipinski definition) is 3. The molecule has 2 aliphatic heterocycles. The fourth-order valence-corrected chi connectivity index (χ4v) is 6.40. The highest BCUT2D eigenvalue weighted by Gasteiger charge is 2.27. The summed E-state index contributed by atoms with van der Waals surface area (Å²) in [5.41, 5.74) is 5.37. The number of rotatable bonds is 6. The fraction of sp³-hybridized carbons (Fsp3) is 0.382. The maximum absolute atomic E-state index is 13.8. The van der Waals surface area contributed by atoms with Crippen molar-refractivity contribution >= 4 is 34.5 Å². The van der Waals surface area contributed by atoms with Crippen molar-refractivity contribution in [3.8, 4) is 23.2 Å². The molecule has 13 nitrogen and oxygen atoms in total. The first-order chi connectivity index (χ1) is 22.9. The molecule has 47 heavy (non-hydrogen) atoms. The van der Waals surface area contributed by atoms with E-state index in [0.29, 0.717) is 55.4 Å². The second-order valence-electron chi connectivity index (χ2n) is 12.2. The Kier molecular flexibility index (Phi) is 8.50. The molecule has 7 rings (SSSR count). The number of likely N-dealkylation sites (N-methyl/N-ethyl adjacent to an activating group) is 1. The molecule has 0 atom stereocenters. The van der Waals surface area contributed by atoms with E-state index in [9.17, 15) is 14.9 Å². The molecule has 3 aliphatic rings. The molecule has 0 bridgehead atoms. The van der Waals surface area contributed by atoms with Gasteiger partial charge in [0, 0.05) is 50.2 Å². The Labute approximate surface area is 272 Å². The third-order valence-corrected chi connectivity index (χ3v) is 9.06. The zero-order chi connectivity index (χ0) is 32.3. The number of aromatic nitrogens is 3. The summed E-state index contributed by atoms with van der Waals surface area (Å²) in [6.07, 6.45) is 6.20. The number of amides is 3. The van der Waals surface area contributed by atoms with Crippen LogP contribution in [0, 0.1) is 11.3 Å². The van der Waals surface area contributed by atoms with Gasteiger partial charge in [-0.25, -0.2) is 9.31 Å². The van der Waals surface area contributed by atoms with Gasteiger partial charge in [0.05, 0.1) is 65.4 Å². The van der Waals surface area contributed by atoms with Gasteiger partial charge in [-0.05, 0) is 62.1 Å². The number of nitriles is 1. The molecule has 1 aliphatic carbocycles. The van der Waals surface area contributed by atoms with E-state index in [2.05, 4.69) is 37.0 Å². The number of ether oxygens (including phenoxy) is 2. The molecule has 5 heterocycles. The number of urea groups is 1. The lowest BCUT2D eigenvalue weighted by molar-refractivity contribution is 0.0520. The molecule has 1 aromatic carbocycles. The van der Waals surface area contributed by atoms with Crippen LogP contribution in [0.3, 0.4) is 0 Å². The minimum Gasteiger partial charge on any atom is -0.489 e. The number of carbonyl (C=O) groups is 2. The smallest absolute Gasteiger partial charge is 0.317 e. The number of carbonyl (C=O) groups excluding carboxylic acids is 2. The SMILES string of the molecule is CN1CCOc2cc(Nc3cc(-c4ccc5cc(C#N)cnn45)ncc3C(=O)N[C@H]3CC[C@H](NC(=O)N4CCOCC4)CC3)ccc21. The number of benzene rings is 1. The third kappa shape index (κ3) is 6.50. The van der Waals surface area contributed by atoms with Crippen LogP contribution in [0.5, 0.6) is 5.75 Å². The quantitative estimate of drug-likeness (QED) is 0.287. The van der Waals surface area contributed by atoms with Crippen molar-refractivity contribution in [1.82, 2.24) is 30.1 Å². The van der Waals surface area contributed by atoms with Gasteiger partial charge in [0.25, 0.3) is 5.91 Å². The molecule has 0 radical (unpaired) electrons. The second kappa shape index (κ2) is 13.2. The van der Waals surface area contributed by atoms with Crippen molar-refractivity contribution in [3.05, 3.63) is 66.0 Å². The van der Waals surface area contributed by atoms with Crippen molar-refractivity contribution < 1.29 is 19.1 Å². The normalized spacial score (nSPS) is 19.3. The Morgan fingerprint density at radius 2 is 1.72 bits per heavy atom. The van der Waals surface area contributed by atoms with Gasteiger partial charge in [-0.1, -0.05) is 0 Å². The molecule has 3 amide bonds. The number of morpholine rings is 1. The molecule has 242 valence electrons. The molecular formula is C34H37N9O4. The number of anilines is 3. The van der Waals surface area contributed by atoms with Gasteiger partial charge in [-0.3, -0.25) is 9.78 Å². The average Bonchev–Trinajstić information content (AvgIpc) is 3.53. The van der Waals surface area contributed by atoms with Crippen LogP contribution in [0.15, 0.2) is 54.9 Å². The fourth-order valence-electron chi connectivity index (χ4n) is 6.40. The van der Waals surface area contributed by atoms with Gasteiger partial charge >= 0.3 is 6.03 Å². The van der Waals surface area contributed by atoms with E-state index in [1.165, 1.54) is 6.20 Å². The van der Waals surface area contributed by atoms with Gasteiger partial charge in [-0.2, -0.15) is 10.4 Å². The first kappa shape index (κ1) is 30.3. The highest BCUT2D eigenvalue weighted by molar-refractivity contribution is 6.01. The summed E-state index contributed by atoms with van der Waals surface area (Å²) in [6.45, 7) is 3.76. The number of hydrogen-bond acceptors (Lipinski definition) is 9. The van der Waals surface area contributed by atoms with E-state index in [0.717, 1.165) is 60.6 Å². The second-order valence-corrected chi connectivity index (χ2v) is 12.2. The first-order valence-corrected chi connectivity index (χ1v) is 16.0. The Morgan fingerprint density at radius 1 is 0.936 bits per heavy atom. The van der Waals surface area contributed by atoms with E-state index in [4.69, 9.17) is 9.47 Å². The van der Waals surface area contributed by atoms with Crippen LogP contribution in [-0.4, -0.2) is 90.0 Å². The largest absolute Gasteiger partial charge is 0.489 e. The maximum atomic E-state index is 13.8.